The number of azo groups is 1. The number of hydrogen-bond donors (Lipinski definition) is 3. The summed E-state index contributed by atoms with van der Waals surface area (Å²) in [5.74, 6) is -0.342. The number of halogens is 3. The number of urea groups is 1. The number of aromatic hydroxyl groups is 1. The fourth-order valence-electron chi connectivity index (χ4n) is 4.24. The first kappa shape index (κ1) is 29.7. The predicted octanol–water partition coefficient (Wildman–Crippen LogP) is 8.51. The smallest absolute Gasteiger partial charge is 0.416 e. The Morgan fingerprint density at radius 2 is 1.80 bits per heavy atom. The van der Waals surface area contributed by atoms with Gasteiger partial charge < -0.3 is 20.1 Å². The van der Waals surface area contributed by atoms with E-state index in [0.29, 0.717) is 17.4 Å². The highest BCUT2D eigenvalue weighted by molar-refractivity contribution is 7.99. The van der Waals surface area contributed by atoms with Crippen LogP contribution in [0.25, 0.3) is 10.9 Å². The molecule has 3 aromatic carbocycles. The van der Waals surface area contributed by atoms with Gasteiger partial charge in [-0.15, -0.1) is 16.9 Å². The van der Waals surface area contributed by atoms with E-state index in [4.69, 9.17) is 5.11 Å². The minimum absolute atomic E-state index is 0.0853. The van der Waals surface area contributed by atoms with Crippen LogP contribution >= 0.6 is 11.8 Å². The second kappa shape index (κ2) is 12.9. The zero-order valence-electron chi connectivity index (χ0n) is 22.0. The molecule has 0 spiro atoms. The van der Waals surface area contributed by atoms with Crippen molar-refractivity contribution >= 4 is 46.0 Å². The molecule has 0 saturated heterocycles. The molecule has 0 aliphatic rings. The molecule has 0 saturated carbocycles. The highest BCUT2D eigenvalue weighted by atomic mass is 32.2. The van der Waals surface area contributed by atoms with Crippen LogP contribution in [0.4, 0.5) is 29.3 Å². The lowest BCUT2D eigenvalue weighted by molar-refractivity contribution is -0.137. The second-order valence-corrected chi connectivity index (χ2v) is 10.3. The average Bonchev–Trinajstić information content (AvgIpc) is 3.19. The lowest BCUT2D eigenvalue weighted by Gasteiger charge is -2.08. The second-order valence-electron chi connectivity index (χ2n) is 9.17. The summed E-state index contributed by atoms with van der Waals surface area (Å²) in [4.78, 5) is 24.3. The number of hydrogen-bond acceptors (Lipinski definition) is 5. The Bertz CT molecular complexity index is 1580. The van der Waals surface area contributed by atoms with Crippen LogP contribution < -0.4 is 5.32 Å². The van der Waals surface area contributed by atoms with Gasteiger partial charge in [0.05, 0.1) is 16.6 Å². The van der Waals surface area contributed by atoms with E-state index in [0.717, 1.165) is 47.6 Å². The Balaban J connectivity index is 1.47. The summed E-state index contributed by atoms with van der Waals surface area (Å²) in [7, 11) is 0. The van der Waals surface area contributed by atoms with E-state index in [2.05, 4.69) is 15.5 Å². The van der Waals surface area contributed by atoms with E-state index >= 15 is 0 Å². The fourth-order valence-corrected chi connectivity index (χ4v) is 5.13. The molecule has 1 aromatic heterocycles. The number of nitrogens with one attached hydrogen (secondary N) is 1. The Kier molecular flexibility index (Phi) is 9.33. The summed E-state index contributed by atoms with van der Waals surface area (Å²) in [6.45, 7) is 2.45. The summed E-state index contributed by atoms with van der Waals surface area (Å²) < 4.78 is 40.6. The molecule has 1 heterocycles. The topological polar surface area (TPSA) is 116 Å². The molecule has 12 heteroatoms. The summed E-state index contributed by atoms with van der Waals surface area (Å²) in [6, 6.07) is 15.6. The van der Waals surface area contributed by atoms with Crippen LogP contribution in [0.3, 0.4) is 0 Å². The quantitative estimate of drug-likeness (QED) is 0.0982. The maximum atomic E-state index is 13.0. The minimum atomic E-state index is -4.56. The maximum absolute atomic E-state index is 13.0. The van der Waals surface area contributed by atoms with Crippen molar-refractivity contribution in [2.75, 3.05) is 11.1 Å². The van der Waals surface area contributed by atoms with Crippen LogP contribution in [0.5, 0.6) is 5.88 Å². The molecule has 0 bridgehead atoms. The fraction of sp³-hybridized carbons (Fsp3) is 0.241. The van der Waals surface area contributed by atoms with Gasteiger partial charge in [-0.1, -0.05) is 30.2 Å². The number of aromatic carboxylic acids is 1. The zero-order valence-corrected chi connectivity index (χ0v) is 22.8. The molecule has 0 radical (unpaired) electrons. The van der Waals surface area contributed by atoms with Crippen molar-refractivity contribution in [2.45, 2.75) is 43.8 Å². The number of aryl methyl sites for hydroxylation is 2. The van der Waals surface area contributed by atoms with Crippen molar-refractivity contribution in [1.82, 2.24) is 4.57 Å². The first-order chi connectivity index (χ1) is 19.6. The number of carboxylic acid groups (broad SMARTS) is 1. The molecule has 2 amide bonds. The number of nitrogens with zero attached hydrogens (tertiary/aromatic N) is 3. The Morgan fingerprint density at radius 1 is 1.05 bits per heavy atom. The number of carbonyl (C=O) groups excluding carboxylic acids is 1. The molecule has 3 N–H and O–H groups in total. The van der Waals surface area contributed by atoms with Crippen LogP contribution in [-0.2, 0) is 19.1 Å². The minimum Gasteiger partial charge on any atom is -0.493 e. The number of carbonyl (C=O) groups is 2. The van der Waals surface area contributed by atoms with Gasteiger partial charge >= 0.3 is 18.2 Å². The third-order valence-electron chi connectivity index (χ3n) is 6.19. The van der Waals surface area contributed by atoms with E-state index in [-0.39, 0.29) is 22.8 Å². The molecule has 8 nitrogen and oxygen atoms in total. The number of rotatable bonds is 10. The first-order valence-electron chi connectivity index (χ1n) is 12.8. The van der Waals surface area contributed by atoms with E-state index in [1.165, 1.54) is 12.1 Å². The Labute approximate surface area is 237 Å². The van der Waals surface area contributed by atoms with Crippen LogP contribution in [0.2, 0.25) is 0 Å². The van der Waals surface area contributed by atoms with Crippen LogP contribution in [0.15, 0.2) is 81.9 Å². The predicted molar refractivity (Wildman–Crippen MR) is 151 cm³/mol. The molecular formula is C29H27F3N4O4S. The van der Waals surface area contributed by atoms with Crippen molar-refractivity contribution in [3.63, 3.8) is 0 Å². The molecule has 4 aromatic rings. The van der Waals surface area contributed by atoms with E-state index in [1.807, 2.05) is 25.1 Å². The van der Waals surface area contributed by atoms with Gasteiger partial charge in [0.15, 0.2) is 5.69 Å². The van der Waals surface area contributed by atoms with E-state index < -0.39 is 23.7 Å². The van der Waals surface area contributed by atoms with Gasteiger partial charge in [-0.05, 0) is 79.1 Å². The lowest BCUT2D eigenvalue weighted by atomic mass is 10.1. The van der Waals surface area contributed by atoms with Crippen molar-refractivity contribution in [1.29, 1.82) is 0 Å². The molecule has 41 heavy (non-hydrogen) atoms. The normalized spacial score (nSPS) is 11.8. The van der Waals surface area contributed by atoms with Gasteiger partial charge in [-0.25, -0.2) is 9.59 Å². The number of anilines is 1. The summed E-state index contributed by atoms with van der Waals surface area (Å²) in [5.41, 5.74) is 1.09. The number of benzene rings is 3. The molecule has 0 aliphatic heterocycles. The number of aromatic nitrogens is 1. The summed E-state index contributed by atoms with van der Waals surface area (Å²) in [6.07, 6.45) is -2.20. The highest BCUT2D eigenvalue weighted by Gasteiger charge is 2.30. The molecule has 0 atom stereocenters. The standard InChI is InChI=1S/C29H27F3N4O4S/c1-2-14-36-24-13-12-22(41-15-4-5-18-8-10-19(11-9-18)27(38)39)17-23(24)25(26(36)37)34-35-28(40)33-21-7-3-6-20(16-21)29(30,31)32/h3,6-13,16-17,37H,2,4-5,14-15H2,1H3,(H,33,40)(H,38,39). The molecule has 0 unspecified atom stereocenters. The number of carboxylic acids is 1. The number of fused-ring (bicyclic) bond motifs is 1. The average molecular weight is 585 g/mol. The van der Waals surface area contributed by atoms with Crippen molar-refractivity contribution in [3.05, 3.63) is 83.4 Å². The van der Waals surface area contributed by atoms with Gasteiger partial charge in [0.25, 0.3) is 0 Å². The van der Waals surface area contributed by atoms with Crippen molar-refractivity contribution in [2.24, 2.45) is 10.2 Å². The van der Waals surface area contributed by atoms with Crippen molar-refractivity contribution < 1.29 is 33.0 Å². The number of amides is 2. The molecular weight excluding hydrogens is 557 g/mol. The van der Waals surface area contributed by atoms with Crippen LogP contribution in [0.1, 0.15) is 41.3 Å². The monoisotopic (exact) mass is 584 g/mol. The third-order valence-corrected chi connectivity index (χ3v) is 7.27. The first-order valence-corrected chi connectivity index (χ1v) is 13.8. The lowest BCUT2D eigenvalue weighted by Crippen LogP contribution is -2.08. The largest absolute Gasteiger partial charge is 0.493 e. The highest BCUT2D eigenvalue weighted by Crippen LogP contribution is 2.41. The third kappa shape index (κ3) is 7.46. The van der Waals surface area contributed by atoms with E-state index in [1.54, 1.807) is 40.6 Å². The van der Waals surface area contributed by atoms with Gasteiger partial charge in [0, 0.05) is 22.5 Å². The van der Waals surface area contributed by atoms with Crippen LogP contribution in [-0.4, -0.2) is 32.5 Å². The summed E-state index contributed by atoms with van der Waals surface area (Å²) in [5, 5.41) is 30.3. The molecule has 0 aliphatic carbocycles. The van der Waals surface area contributed by atoms with Gasteiger partial charge in [-0.2, -0.15) is 13.2 Å². The number of thioether (sulfide) groups is 1. The summed E-state index contributed by atoms with van der Waals surface area (Å²) >= 11 is 1.60. The van der Waals surface area contributed by atoms with Gasteiger partial charge in [-0.3, -0.25) is 0 Å². The zero-order chi connectivity index (χ0) is 29.6. The van der Waals surface area contributed by atoms with E-state index in [9.17, 15) is 27.9 Å². The number of alkyl halides is 3. The SMILES string of the molecule is CCCn1c(O)c(N=NC(=O)Nc2cccc(C(F)(F)F)c2)c2cc(SCCCc3ccc(C(=O)O)cc3)ccc21. The van der Waals surface area contributed by atoms with Crippen molar-refractivity contribution in [3.8, 4) is 5.88 Å². The maximum Gasteiger partial charge on any atom is 0.416 e. The molecule has 0 fully saturated rings. The molecule has 4 rings (SSSR count). The Morgan fingerprint density at radius 3 is 2.49 bits per heavy atom. The Hall–Kier alpha value is -4.32. The van der Waals surface area contributed by atoms with Gasteiger partial charge in [0.1, 0.15) is 0 Å². The van der Waals surface area contributed by atoms with Crippen LogP contribution in [0, 0.1) is 0 Å². The molecule has 214 valence electrons. The van der Waals surface area contributed by atoms with Gasteiger partial charge in [0.2, 0.25) is 5.88 Å².